The van der Waals surface area contributed by atoms with Gasteiger partial charge in [-0.25, -0.2) is 0 Å². The highest BCUT2D eigenvalue weighted by molar-refractivity contribution is 6.31. The van der Waals surface area contributed by atoms with Gasteiger partial charge in [-0.15, -0.1) is 0 Å². The van der Waals surface area contributed by atoms with Gasteiger partial charge in [-0.1, -0.05) is 18.2 Å². The highest BCUT2D eigenvalue weighted by Gasteiger charge is 2.56. The first-order valence-electron chi connectivity index (χ1n) is 11.9. The van der Waals surface area contributed by atoms with Crippen molar-refractivity contribution in [3.8, 4) is 17.2 Å². The van der Waals surface area contributed by atoms with Gasteiger partial charge in [0.15, 0.2) is 17.3 Å². The number of carbonyl (C=O) groups is 4. The molecule has 0 saturated carbocycles. The second-order valence-corrected chi connectivity index (χ2v) is 9.77. The van der Waals surface area contributed by atoms with E-state index in [1.165, 1.54) is 20.8 Å². The van der Waals surface area contributed by atoms with E-state index in [9.17, 15) is 29.4 Å². The summed E-state index contributed by atoms with van der Waals surface area (Å²) in [6.07, 6.45) is 2.21. The number of benzene rings is 2. The smallest absolute Gasteiger partial charge is 0.246 e. The van der Waals surface area contributed by atoms with Crippen LogP contribution in [0.5, 0.6) is 17.2 Å². The number of nitrogens with one attached hydrogen (secondary N) is 2. The number of rotatable bonds is 3. The second kappa shape index (κ2) is 8.33. The normalized spacial score (nSPS) is 23.6. The van der Waals surface area contributed by atoms with Crippen LogP contribution in [0, 0.1) is 6.92 Å². The molecule has 1 aliphatic carbocycles. The summed E-state index contributed by atoms with van der Waals surface area (Å²) in [6.45, 7) is 5.71. The summed E-state index contributed by atoms with van der Waals surface area (Å²) < 4.78 is 5.78. The minimum atomic E-state index is -1.61. The molecule has 9 nitrogen and oxygen atoms in total. The topological polar surface area (TPSA) is 142 Å². The zero-order valence-electron chi connectivity index (χ0n) is 20.8. The first-order valence-corrected chi connectivity index (χ1v) is 11.9. The summed E-state index contributed by atoms with van der Waals surface area (Å²) in [5.74, 6) is -3.10. The van der Waals surface area contributed by atoms with Crippen LogP contribution < -0.4 is 15.4 Å². The fraction of sp³-hybridized carbons (Fsp3) is 0.286. The number of hydrogen-bond donors (Lipinski definition) is 4. The minimum Gasteiger partial charge on any atom is -0.507 e. The van der Waals surface area contributed by atoms with Crippen molar-refractivity contribution in [1.82, 2.24) is 5.32 Å². The maximum atomic E-state index is 13.9. The van der Waals surface area contributed by atoms with E-state index in [0.29, 0.717) is 12.8 Å². The van der Waals surface area contributed by atoms with Crippen LogP contribution in [0.25, 0.3) is 0 Å². The number of fused-ring (bicyclic) bond motifs is 4. The van der Waals surface area contributed by atoms with E-state index in [1.54, 1.807) is 6.92 Å². The van der Waals surface area contributed by atoms with Gasteiger partial charge < -0.3 is 25.6 Å². The molecule has 0 unspecified atom stereocenters. The number of aromatic hydroxyl groups is 2. The Balaban J connectivity index is 1.56. The molecular weight excluding hydrogens is 476 g/mol. The number of carbonyl (C=O) groups excluding carboxylic acids is 4. The van der Waals surface area contributed by atoms with Crippen molar-refractivity contribution in [1.29, 1.82) is 0 Å². The van der Waals surface area contributed by atoms with E-state index < -0.39 is 40.3 Å². The summed E-state index contributed by atoms with van der Waals surface area (Å²) >= 11 is 0. The number of amides is 1. The summed E-state index contributed by atoms with van der Waals surface area (Å²) in [6, 6.07) is 6.79. The Hall–Kier alpha value is -4.40. The van der Waals surface area contributed by atoms with Gasteiger partial charge in [0, 0.05) is 23.0 Å². The van der Waals surface area contributed by atoms with Crippen molar-refractivity contribution in [2.75, 3.05) is 5.32 Å². The first-order chi connectivity index (χ1) is 17.5. The molecule has 1 amide bonds. The number of hydrogen-bond acceptors (Lipinski definition) is 8. The number of ether oxygens (including phenoxy) is 1. The molecule has 190 valence electrons. The van der Waals surface area contributed by atoms with Crippen molar-refractivity contribution in [2.24, 2.45) is 0 Å². The van der Waals surface area contributed by atoms with E-state index in [0.717, 1.165) is 17.3 Å². The van der Waals surface area contributed by atoms with E-state index in [2.05, 4.69) is 10.6 Å². The highest BCUT2D eigenvalue weighted by Crippen LogP contribution is 2.57. The lowest BCUT2D eigenvalue weighted by molar-refractivity contribution is -0.124. The molecule has 2 heterocycles. The standard InChI is InChI=1S/C28H26N2O7/c1-12-23(33)21(14(3)31)25-22(24(12)34)28(4)19(37-25)11-18(32)20(26(28)35)13(2)29-17-10-9-15-7-5-6-8-16(15)30-27(17)36/h5-8,11,17,29,33-34H,9-10H2,1-4H3,(H,30,36)/b20-13+/t17-,28+/m1/s1. The maximum Gasteiger partial charge on any atom is 0.246 e. The van der Waals surface area contributed by atoms with Gasteiger partial charge >= 0.3 is 0 Å². The fourth-order valence-electron chi connectivity index (χ4n) is 5.34. The van der Waals surface area contributed by atoms with Gasteiger partial charge in [-0.05, 0) is 52.2 Å². The second-order valence-electron chi connectivity index (χ2n) is 9.77. The Morgan fingerprint density at radius 2 is 1.84 bits per heavy atom. The summed E-state index contributed by atoms with van der Waals surface area (Å²) in [5.41, 5.74) is 0.0137. The molecule has 0 spiro atoms. The molecule has 0 radical (unpaired) electrons. The van der Waals surface area contributed by atoms with Crippen molar-refractivity contribution in [2.45, 2.75) is 52.0 Å². The molecule has 3 aliphatic rings. The molecule has 0 fully saturated rings. The number of Topliss-reactive ketones (excluding diaryl/α,β-unsaturated/α-hetero) is 2. The van der Waals surface area contributed by atoms with Gasteiger partial charge in [-0.2, -0.15) is 0 Å². The van der Waals surface area contributed by atoms with Crippen molar-refractivity contribution >= 4 is 28.9 Å². The highest BCUT2D eigenvalue weighted by atomic mass is 16.5. The quantitative estimate of drug-likeness (QED) is 0.285. The largest absolute Gasteiger partial charge is 0.507 e. The van der Waals surface area contributed by atoms with E-state index in [1.807, 2.05) is 24.3 Å². The molecule has 0 aromatic heterocycles. The molecule has 2 aromatic rings. The lowest BCUT2D eigenvalue weighted by Gasteiger charge is -2.29. The summed E-state index contributed by atoms with van der Waals surface area (Å²) in [5, 5.41) is 27.4. The summed E-state index contributed by atoms with van der Waals surface area (Å²) in [4.78, 5) is 52.3. The van der Waals surface area contributed by atoms with E-state index in [4.69, 9.17) is 4.74 Å². The average Bonchev–Trinajstić information content (AvgIpc) is 3.03. The molecule has 4 N–H and O–H groups in total. The number of ketones is 3. The van der Waals surface area contributed by atoms with Crippen LogP contribution in [-0.4, -0.2) is 39.5 Å². The third-order valence-electron chi connectivity index (χ3n) is 7.44. The number of aryl methyl sites for hydroxylation is 1. The number of phenolic OH excluding ortho intramolecular Hbond substituents is 2. The number of allylic oxidation sites excluding steroid dienone is 4. The van der Waals surface area contributed by atoms with E-state index >= 15 is 0 Å². The SMILES string of the molecule is CC(=O)c1c(O)c(C)c(O)c2c1OC1=CC(=O)/C(=C(/C)N[C@@H]3CCc4ccccc4NC3=O)C(=O)[C@@]12C. The van der Waals surface area contributed by atoms with Gasteiger partial charge in [0.05, 0.1) is 11.1 Å². The average molecular weight is 503 g/mol. The van der Waals surface area contributed by atoms with E-state index in [-0.39, 0.29) is 45.4 Å². The fourth-order valence-corrected chi connectivity index (χ4v) is 5.34. The van der Waals surface area contributed by atoms with Crippen molar-refractivity contribution in [3.63, 3.8) is 0 Å². The summed E-state index contributed by atoms with van der Waals surface area (Å²) in [7, 11) is 0. The Morgan fingerprint density at radius 3 is 2.54 bits per heavy atom. The predicted octanol–water partition coefficient (Wildman–Crippen LogP) is 3.11. The first kappa shape index (κ1) is 24.3. The van der Waals surface area contributed by atoms with Crippen LogP contribution in [0.3, 0.4) is 0 Å². The molecule has 2 aromatic carbocycles. The third kappa shape index (κ3) is 3.45. The van der Waals surface area contributed by atoms with Gasteiger partial charge in [0.1, 0.15) is 40.0 Å². The monoisotopic (exact) mass is 502 g/mol. The predicted molar refractivity (Wildman–Crippen MR) is 134 cm³/mol. The Kier molecular flexibility index (Phi) is 5.47. The molecule has 9 heteroatoms. The molecule has 0 bridgehead atoms. The molecule has 2 aliphatic heterocycles. The van der Waals surface area contributed by atoms with Crippen LogP contribution in [0.15, 0.2) is 47.4 Å². The van der Waals surface area contributed by atoms with Crippen LogP contribution in [0.4, 0.5) is 5.69 Å². The molecule has 0 saturated heterocycles. The van der Waals surface area contributed by atoms with Crippen LogP contribution in [-0.2, 0) is 26.2 Å². The van der Waals surface area contributed by atoms with Crippen LogP contribution in [0.2, 0.25) is 0 Å². The molecular formula is C28H26N2O7. The lowest BCUT2D eigenvalue weighted by atomic mass is 9.70. The van der Waals surface area contributed by atoms with Gasteiger partial charge in [0.25, 0.3) is 0 Å². The minimum absolute atomic E-state index is 0.0182. The number of phenols is 2. The van der Waals surface area contributed by atoms with Gasteiger partial charge in [-0.3, -0.25) is 19.2 Å². The molecule has 37 heavy (non-hydrogen) atoms. The lowest BCUT2D eigenvalue weighted by Crippen LogP contribution is -2.44. The van der Waals surface area contributed by atoms with Crippen molar-refractivity contribution in [3.05, 3.63) is 69.6 Å². The van der Waals surface area contributed by atoms with Crippen LogP contribution in [0.1, 0.15) is 54.2 Å². The molecule has 2 atom stereocenters. The number of anilines is 1. The zero-order chi connectivity index (χ0) is 26.8. The van der Waals surface area contributed by atoms with Crippen LogP contribution >= 0.6 is 0 Å². The van der Waals surface area contributed by atoms with Crippen molar-refractivity contribution < 1.29 is 34.1 Å². The Morgan fingerprint density at radius 1 is 1.14 bits per heavy atom. The third-order valence-corrected chi connectivity index (χ3v) is 7.44. The maximum absolute atomic E-state index is 13.9. The molecule has 5 rings (SSSR count). The zero-order valence-corrected chi connectivity index (χ0v) is 20.8. The Labute approximate surface area is 212 Å². The number of para-hydroxylation sites is 1. The van der Waals surface area contributed by atoms with Gasteiger partial charge in [0.2, 0.25) is 5.91 Å². The Bertz CT molecular complexity index is 1500.